The molecule has 7 heteroatoms. The van der Waals surface area contributed by atoms with Gasteiger partial charge in [-0.05, 0) is 17.4 Å². The van der Waals surface area contributed by atoms with Gasteiger partial charge in [0.1, 0.15) is 0 Å². The molecule has 2 aromatic rings. The Morgan fingerprint density at radius 3 is 2.64 bits per heavy atom. The summed E-state index contributed by atoms with van der Waals surface area (Å²) in [6.07, 6.45) is 0. The topological polar surface area (TPSA) is 82.0 Å². The number of carbonyl (C=O) groups is 1. The Morgan fingerprint density at radius 1 is 1.32 bits per heavy atom. The number of aliphatic carboxylic acids is 1. The molecule has 2 unspecified atom stereocenters. The number of hydrogen-bond donors (Lipinski definition) is 1. The number of hydrogen-bond acceptors (Lipinski definition) is 4. The molecule has 22 heavy (non-hydrogen) atoms. The predicted octanol–water partition coefficient (Wildman–Crippen LogP) is 3.84. The van der Waals surface area contributed by atoms with E-state index < -0.39 is 20.2 Å². The van der Waals surface area contributed by atoms with E-state index in [0.29, 0.717) is 10.4 Å². The van der Waals surface area contributed by atoms with Gasteiger partial charge in [-0.15, -0.1) is 0 Å². The molecule has 2 rings (SSSR count). The largest absolute Gasteiger partial charge is 0.575 e. The highest BCUT2D eigenvalue weighted by Gasteiger charge is 2.25. The summed E-state index contributed by atoms with van der Waals surface area (Å²) < 4.78 is 9.08. The van der Waals surface area contributed by atoms with Crippen molar-refractivity contribution < 1.29 is 19.3 Å². The lowest BCUT2D eigenvalue weighted by molar-refractivity contribution is -0.169. The van der Waals surface area contributed by atoms with Crippen molar-refractivity contribution in [2.24, 2.45) is 10.7 Å². The van der Waals surface area contributed by atoms with Crippen molar-refractivity contribution in [3.05, 3.63) is 41.4 Å². The lowest BCUT2D eigenvalue weighted by Gasteiger charge is -2.09. The smallest absolute Gasteiger partial charge is 0.395 e. The second-order valence-electron chi connectivity index (χ2n) is 5.07. The summed E-state index contributed by atoms with van der Waals surface area (Å²) in [5, 5.41) is 11.0. The standard InChI is InChI=1S/C15H15ClNO4P/c1-9(2)13(15(18)19)17-22(20)21-14-11-6-4-3-5-10(11)7-8-12(14)16/h3-9,13H,1-2H3,(H,18,19). The van der Waals surface area contributed by atoms with Crippen molar-refractivity contribution in [1.82, 2.24) is 0 Å². The summed E-state index contributed by atoms with van der Waals surface area (Å²) in [6, 6.07) is 9.71. The number of rotatable bonds is 5. The average molecular weight is 340 g/mol. The Hall–Kier alpha value is -1.68. The summed E-state index contributed by atoms with van der Waals surface area (Å²) in [5.41, 5.74) is 0. The van der Waals surface area contributed by atoms with Crippen LogP contribution in [-0.2, 0) is 4.79 Å². The minimum absolute atomic E-state index is 0.248. The molecule has 0 aliphatic carbocycles. The van der Waals surface area contributed by atoms with Crippen LogP contribution in [0.1, 0.15) is 13.8 Å². The van der Waals surface area contributed by atoms with Gasteiger partial charge in [0.25, 0.3) is 0 Å². The summed E-state index contributed by atoms with van der Waals surface area (Å²) >= 11 is 6.10. The summed E-state index contributed by atoms with van der Waals surface area (Å²) in [4.78, 5) is 23.2. The minimum atomic E-state index is -2.54. The van der Waals surface area contributed by atoms with E-state index in [0.717, 1.165) is 5.39 Å². The predicted molar refractivity (Wildman–Crippen MR) is 85.2 cm³/mol. The Labute approximate surface area is 134 Å². The fourth-order valence-corrected chi connectivity index (χ4v) is 3.21. The van der Waals surface area contributed by atoms with Crippen molar-refractivity contribution in [3.8, 4) is 5.75 Å². The Bertz CT molecular complexity index is 733. The SMILES string of the molecule is CC(C)C(N=[P+]([O-])Oc1c(Cl)ccc2ccccc12)C(=O)O. The summed E-state index contributed by atoms with van der Waals surface area (Å²) in [7, 11) is -2.54. The maximum Gasteiger partial charge on any atom is 0.395 e. The van der Waals surface area contributed by atoms with Gasteiger partial charge in [0, 0.05) is 5.39 Å². The third kappa shape index (κ3) is 3.74. The van der Waals surface area contributed by atoms with Crippen molar-refractivity contribution in [2.45, 2.75) is 19.9 Å². The van der Waals surface area contributed by atoms with Crippen molar-refractivity contribution in [1.29, 1.82) is 0 Å². The van der Waals surface area contributed by atoms with Gasteiger partial charge in [-0.2, -0.15) is 0 Å². The van der Waals surface area contributed by atoms with Gasteiger partial charge < -0.3 is 10.00 Å². The zero-order valence-corrected chi connectivity index (χ0v) is 13.7. The molecule has 5 nitrogen and oxygen atoms in total. The third-order valence-electron chi connectivity index (χ3n) is 3.10. The molecule has 0 aliphatic rings. The third-order valence-corrected chi connectivity index (χ3v) is 4.18. The van der Waals surface area contributed by atoms with Crippen LogP contribution < -0.4 is 9.42 Å². The quantitative estimate of drug-likeness (QED) is 0.839. The number of carboxylic acids is 1. The van der Waals surface area contributed by atoms with Gasteiger partial charge in [0.2, 0.25) is 5.75 Å². The van der Waals surface area contributed by atoms with E-state index in [4.69, 9.17) is 21.2 Å². The van der Waals surface area contributed by atoms with Crippen LogP contribution in [0.3, 0.4) is 0 Å². The molecule has 1 N–H and O–H groups in total. The van der Waals surface area contributed by atoms with Crippen LogP contribution in [0.2, 0.25) is 5.02 Å². The fraction of sp³-hybridized carbons (Fsp3) is 0.267. The lowest BCUT2D eigenvalue weighted by atomic mass is 10.1. The summed E-state index contributed by atoms with van der Waals surface area (Å²) in [5.74, 6) is -1.17. The number of fused-ring (bicyclic) bond motifs is 1. The normalized spacial score (nSPS) is 13.4. The first kappa shape index (κ1) is 16.7. The summed E-state index contributed by atoms with van der Waals surface area (Å²) in [6.45, 7) is 3.38. The lowest BCUT2D eigenvalue weighted by Crippen LogP contribution is -2.24. The van der Waals surface area contributed by atoms with Gasteiger partial charge in [-0.3, -0.25) is 4.52 Å². The molecule has 116 valence electrons. The molecule has 0 radical (unpaired) electrons. The van der Waals surface area contributed by atoms with E-state index in [9.17, 15) is 9.69 Å². The molecule has 0 bridgehead atoms. The van der Waals surface area contributed by atoms with Crippen LogP contribution in [0.4, 0.5) is 0 Å². The van der Waals surface area contributed by atoms with Crippen LogP contribution in [0, 0.1) is 5.92 Å². The van der Waals surface area contributed by atoms with E-state index in [-0.39, 0.29) is 11.7 Å². The van der Waals surface area contributed by atoms with Crippen LogP contribution in [0.5, 0.6) is 5.75 Å². The molecular weight excluding hydrogens is 325 g/mol. The highest BCUT2D eigenvalue weighted by molar-refractivity contribution is 7.34. The zero-order valence-electron chi connectivity index (χ0n) is 12.1. The van der Waals surface area contributed by atoms with Crippen LogP contribution in [-0.4, -0.2) is 17.1 Å². The minimum Gasteiger partial charge on any atom is -0.575 e. The van der Waals surface area contributed by atoms with Gasteiger partial charge in [-0.25, -0.2) is 4.79 Å². The molecule has 0 heterocycles. The van der Waals surface area contributed by atoms with Gasteiger partial charge >= 0.3 is 14.1 Å². The monoisotopic (exact) mass is 339 g/mol. The average Bonchev–Trinajstić information content (AvgIpc) is 2.47. The fourth-order valence-electron chi connectivity index (χ4n) is 1.98. The van der Waals surface area contributed by atoms with E-state index in [1.165, 1.54) is 0 Å². The van der Waals surface area contributed by atoms with Crippen molar-refractivity contribution in [2.75, 3.05) is 0 Å². The molecule has 0 saturated heterocycles. The second-order valence-corrected chi connectivity index (χ2v) is 6.37. The molecule has 0 spiro atoms. The number of benzene rings is 2. The van der Waals surface area contributed by atoms with Crippen molar-refractivity contribution >= 4 is 36.5 Å². The number of halogens is 1. The van der Waals surface area contributed by atoms with Gasteiger partial charge in [0.05, 0.1) is 5.02 Å². The van der Waals surface area contributed by atoms with E-state index >= 15 is 0 Å². The van der Waals surface area contributed by atoms with Crippen LogP contribution in [0.25, 0.3) is 10.8 Å². The molecule has 2 atom stereocenters. The van der Waals surface area contributed by atoms with Crippen LogP contribution >= 0.6 is 19.8 Å². The van der Waals surface area contributed by atoms with Crippen molar-refractivity contribution in [3.63, 3.8) is 0 Å². The molecular formula is C15H15ClNO4P. The van der Waals surface area contributed by atoms with Gasteiger partial charge in [0.15, 0.2) is 6.04 Å². The van der Waals surface area contributed by atoms with Crippen LogP contribution in [0.15, 0.2) is 41.1 Å². The first-order valence-electron chi connectivity index (χ1n) is 6.66. The Morgan fingerprint density at radius 2 is 2.00 bits per heavy atom. The zero-order chi connectivity index (χ0) is 16.3. The van der Waals surface area contributed by atoms with E-state index in [2.05, 4.69) is 4.74 Å². The maximum absolute atomic E-state index is 12.1. The molecule has 0 amide bonds. The van der Waals surface area contributed by atoms with Gasteiger partial charge in [-0.1, -0.05) is 60.5 Å². The molecule has 0 saturated carbocycles. The molecule has 2 aromatic carbocycles. The maximum atomic E-state index is 12.1. The molecule has 0 aliphatic heterocycles. The number of carboxylic acid groups (broad SMARTS) is 1. The molecule has 0 fully saturated rings. The first-order chi connectivity index (χ1) is 10.4. The second kappa shape index (κ2) is 7.05. The molecule has 0 aromatic heterocycles. The number of nitrogens with zero attached hydrogens (tertiary/aromatic N) is 1. The first-order valence-corrected chi connectivity index (χ1v) is 8.17. The Kier molecular flexibility index (Phi) is 5.35. The van der Waals surface area contributed by atoms with E-state index in [1.54, 1.807) is 26.0 Å². The highest BCUT2D eigenvalue weighted by atomic mass is 35.5. The Balaban J connectivity index is 2.38. The highest BCUT2D eigenvalue weighted by Crippen LogP contribution is 2.38. The van der Waals surface area contributed by atoms with E-state index in [1.807, 2.05) is 24.3 Å².